The van der Waals surface area contributed by atoms with Gasteiger partial charge >= 0.3 is 0 Å². The van der Waals surface area contributed by atoms with Crippen molar-refractivity contribution >= 4 is 5.91 Å². The van der Waals surface area contributed by atoms with Crippen LogP contribution in [0.15, 0.2) is 42.5 Å². The highest BCUT2D eigenvalue weighted by molar-refractivity contribution is 5.78. The van der Waals surface area contributed by atoms with Gasteiger partial charge in [-0.15, -0.1) is 0 Å². The Bertz CT molecular complexity index is 976. The molecule has 5 nitrogen and oxygen atoms in total. The highest BCUT2D eigenvalue weighted by Crippen LogP contribution is 2.28. The Balaban J connectivity index is 1.12. The summed E-state index contributed by atoms with van der Waals surface area (Å²) in [6, 6.07) is 16.0. The Morgan fingerprint density at radius 3 is 2.37 bits per heavy atom. The predicted molar refractivity (Wildman–Crippen MR) is 142 cm³/mol. The number of carbonyl (C=O) groups is 1. The number of piperazine rings is 1. The second-order valence-electron chi connectivity index (χ2n) is 10.5. The first-order chi connectivity index (χ1) is 17.2. The van der Waals surface area contributed by atoms with Crippen molar-refractivity contribution in [3.63, 3.8) is 0 Å². The van der Waals surface area contributed by atoms with Crippen LogP contribution in [0.2, 0.25) is 0 Å². The standard InChI is InChI=1S/C30H41N3O2/c1-2-20-35-29-12-10-24(11-13-29)25-8-9-27-22-31(15-14-26(27)21-25)23-30(34)33-18-16-32(17-19-33)28-6-4-3-5-7-28/h8-13,21,28H,2-7,14-20,22-23H2,1H3. The lowest BCUT2D eigenvalue weighted by atomic mass is 9.94. The molecule has 5 rings (SSSR count). The smallest absolute Gasteiger partial charge is 0.236 e. The molecule has 0 aromatic heterocycles. The molecular weight excluding hydrogens is 434 g/mol. The molecule has 0 radical (unpaired) electrons. The fourth-order valence-corrected chi connectivity index (χ4v) is 5.96. The highest BCUT2D eigenvalue weighted by Gasteiger charge is 2.28. The minimum atomic E-state index is 0.304. The zero-order chi connectivity index (χ0) is 24.0. The molecule has 0 atom stereocenters. The average molecular weight is 476 g/mol. The topological polar surface area (TPSA) is 36.0 Å². The van der Waals surface area contributed by atoms with Crippen LogP contribution in [0.3, 0.4) is 0 Å². The van der Waals surface area contributed by atoms with Crippen molar-refractivity contribution in [2.24, 2.45) is 0 Å². The molecule has 2 heterocycles. The first-order valence-electron chi connectivity index (χ1n) is 13.8. The summed E-state index contributed by atoms with van der Waals surface area (Å²) in [6.45, 7) is 9.13. The first kappa shape index (κ1) is 24.3. The molecule has 0 unspecified atom stereocenters. The van der Waals surface area contributed by atoms with Crippen LogP contribution >= 0.6 is 0 Å². The number of rotatable bonds is 7. The first-order valence-corrected chi connectivity index (χ1v) is 13.8. The van der Waals surface area contributed by atoms with Crippen molar-refractivity contribution in [3.05, 3.63) is 53.6 Å². The normalized spacial score (nSPS) is 20.0. The lowest BCUT2D eigenvalue weighted by Gasteiger charge is -2.41. The molecule has 5 heteroatoms. The molecule has 35 heavy (non-hydrogen) atoms. The van der Waals surface area contributed by atoms with Gasteiger partial charge < -0.3 is 9.64 Å². The minimum absolute atomic E-state index is 0.304. The Labute approximate surface area is 211 Å². The second kappa shape index (κ2) is 11.6. The molecule has 2 aromatic rings. The van der Waals surface area contributed by atoms with Crippen molar-refractivity contribution < 1.29 is 9.53 Å². The highest BCUT2D eigenvalue weighted by atomic mass is 16.5. The Morgan fingerprint density at radius 2 is 1.63 bits per heavy atom. The van der Waals surface area contributed by atoms with Gasteiger partial charge in [0.05, 0.1) is 13.2 Å². The number of hydrogen-bond donors (Lipinski definition) is 0. The van der Waals surface area contributed by atoms with E-state index >= 15 is 0 Å². The van der Waals surface area contributed by atoms with Gasteiger partial charge in [0.25, 0.3) is 0 Å². The predicted octanol–water partition coefficient (Wildman–Crippen LogP) is 4.98. The molecule has 0 bridgehead atoms. The minimum Gasteiger partial charge on any atom is -0.494 e. The molecule has 2 aromatic carbocycles. The van der Waals surface area contributed by atoms with E-state index in [0.29, 0.717) is 12.5 Å². The summed E-state index contributed by atoms with van der Waals surface area (Å²) < 4.78 is 5.72. The van der Waals surface area contributed by atoms with Crippen molar-refractivity contribution in [2.75, 3.05) is 45.9 Å². The molecule has 1 aliphatic carbocycles. The third-order valence-corrected chi connectivity index (χ3v) is 8.08. The fourth-order valence-electron chi connectivity index (χ4n) is 5.96. The summed E-state index contributed by atoms with van der Waals surface area (Å²) in [7, 11) is 0. The second-order valence-corrected chi connectivity index (χ2v) is 10.5. The van der Waals surface area contributed by atoms with Gasteiger partial charge in [-0.05, 0) is 60.1 Å². The molecule has 1 saturated carbocycles. The van der Waals surface area contributed by atoms with Crippen LogP contribution in [0, 0.1) is 0 Å². The van der Waals surface area contributed by atoms with Crippen LogP contribution < -0.4 is 4.74 Å². The van der Waals surface area contributed by atoms with Crippen LogP contribution in [0.25, 0.3) is 11.1 Å². The van der Waals surface area contributed by atoms with Gasteiger partial charge in [-0.25, -0.2) is 0 Å². The largest absolute Gasteiger partial charge is 0.494 e. The molecule has 1 saturated heterocycles. The van der Waals surface area contributed by atoms with Crippen LogP contribution in [-0.2, 0) is 17.8 Å². The molecule has 188 valence electrons. The molecule has 0 N–H and O–H groups in total. The monoisotopic (exact) mass is 475 g/mol. The Morgan fingerprint density at radius 1 is 0.886 bits per heavy atom. The fraction of sp³-hybridized carbons (Fsp3) is 0.567. The lowest BCUT2D eigenvalue weighted by molar-refractivity contribution is -0.134. The van der Waals surface area contributed by atoms with Crippen LogP contribution in [-0.4, -0.2) is 72.5 Å². The number of carbonyl (C=O) groups excluding carboxylic acids is 1. The third-order valence-electron chi connectivity index (χ3n) is 8.08. The summed E-state index contributed by atoms with van der Waals surface area (Å²) in [6.07, 6.45) is 8.87. The molecule has 1 amide bonds. The SMILES string of the molecule is CCCOc1ccc(-c2ccc3c(c2)CCN(CC(=O)N2CCN(C4CCCCC4)CC2)C3)cc1. The van der Waals surface area contributed by atoms with E-state index in [9.17, 15) is 4.79 Å². The van der Waals surface area contributed by atoms with E-state index in [1.165, 1.54) is 54.4 Å². The summed E-state index contributed by atoms with van der Waals surface area (Å²) in [5.41, 5.74) is 5.25. The molecule has 0 spiro atoms. The van der Waals surface area contributed by atoms with E-state index in [1.807, 2.05) is 0 Å². The van der Waals surface area contributed by atoms with E-state index < -0.39 is 0 Å². The lowest BCUT2D eigenvalue weighted by Crippen LogP contribution is -2.54. The van der Waals surface area contributed by atoms with E-state index in [0.717, 1.165) is 70.5 Å². The van der Waals surface area contributed by atoms with Gasteiger partial charge in [0.1, 0.15) is 5.75 Å². The maximum absolute atomic E-state index is 13.0. The van der Waals surface area contributed by atoms with Crippen molar-refractivity contribution in [2.45, 2.75) is 64.5 Å². The van der Waals surface area contributed by atoms with Crippen LogP contribution in [0.1, 0.15) is 56.6 Å². The maximum atomic E-state index is 13.0. The summed E-state index contributed by atoms with van der Waals surface area (Å²) in [4.78, 5) is 20.1. The van der Waals surface area contributed by atoms with Crippen LogP contribution in [0.5, 0.6) is 5.75 Å². The summed E-state index contributed by atoms with van der Waals surface area (Å²) in [5.74, 6) is 1.24. The molecule has 2 aliphatic heterocycles. The van der Waals surface area contributed by atoms with Gasteiger partial charge in [-0.1, -0.05) is 56.5 Å². The number of ether oxygens (including phenoxy) is 1. The van der Waals surface area contributed by atoms with Gasteiger partial charge in [-0.3, -0.25) is 14.6 Å². The maximum Gasteiger partial charge on any atom is 0.236 e. The Hall–Kier alpha value is -2.37. The van der Waals surface area contributed by atoms with Gasteiger partial charge in [-0.2, -0.15) is 0 Å². The zero-order valence-corrected chi connectivity index (χ0v) is 21.4. The zero-order valence-electron chi connectivity index (χ0n) is 21.4. The number of fused-ring (bicyclic) bond motifs is 1. The number of amides is 1. The molecular formula is C30H41N3O2. The van der Waals surface area contributed by atoms with Gasteiger partial charge in [0.15, 0.2) is 0 Å². The Kier molecular flexibility index (Phi) is 8.05. The van der Waals surface area contributed by atoms with Crippen molar-refractivity contribution in [1.29, 1.82) is 0 Å². The molecule has 3 aliphatic rings. The third kappa shape index (κ3) is 6.07. The number of nitrogens with zero attached hydrogens (tertiary/aromatic N) is 3. The van der Waals surface area contributed by atoms with Crippen molar-refractivity contribution in [1.82, 2.24) is 14.7 Å². The van der Waals surface area contributed by atoms with E-state index in [2.05, 4.69) is 64.1 Å². The van der Waals surface area contributed by atoms with Crippen LogP contribution in [0.4, 0.5) is 0 Å². The van der Waals surface area contributed by atoms with E-state index in [-0.39, 0.29) is 0 Å². The summed E-state index contributed by atoms with van der Waals surface area (Å²) in [5, 5.41) is 0. The van der Waals surface area contributed by atoms with Gasteiger partial charge in [0.2, 0.25) is 5.91 Å². The quantitative estimate of drug-likeness (QED) is 0.566. The summed E-state index contributed by atoms with van der Waals surface area (Å²) >= 11 is 0. The molecule has 2 fully saturated rings. The van der Waals surface area contributed by atoms with Crippen molar-refractivity contribution in [3.8, 4) is 16.9 Å². The average Bonchev–Trinajstić information content (AvgIpc) is 2.92. The van der Waals surface area contributed by atoms with E-state index in [4.69, 9.17) is 4.74 Å². The number of benzene rings is 2. The van der Waals surface area contributed by atoms with Gasteiger partial charge in [0, 0.05) is 45.3 Å². The number of hydrogen-bond acceptors (Lipinski definition) is 4. The van der Waals surface area contributed by atoms with E-state index in [1.54, 1.807) is 0 Å².